The van der Waals surface area contributed by atoms with Crippen molar-refractivity contribution in [1.29, 1.82) is 0 Å². The number of ether oxygens (including phenoxy) is 3. The summed E-state index contributed by atoms with van der Waals surface area (Å²) < 4.78 is 58.3. The van der Waals surface area contributed by atoms with Gasteiger partial charge >= 0.3 is 12.2 Å². The van der Waals surface area contributed by atoms with Gasteiger partial charge in [-0.05, 0) is 26.3 Å². The lowest BCUT2D eigenvalue weighted by Gasteiger charge is -2.34. The van der Waals surface area contributed by atoms with Gasteiger partial charge in [-0.3, -0.25) is 0 Å². The average Bonchev–Trinajstić information content (AvgIpc) is 3.41. The number of hydrogen-bond donors (Lipinski definition) is 0. The fraction of sp³-hybridized carbons (Fsp3) is 0.636. The quantitative estimate of drug-likeness (QED) is 0.489. The first-order chi connectivity index (χ1) is 16.6. The first-order valence-corrected chi connectivity index (χ1v) is 12.4. The van der Waals surface area contributed by atoms with Crippen LogP contribution in [0.2, 0.25) is 0 Å². The third-order valence-electron chi connectivity index (χ3n) is 5.99. The molecule has 0 N–H and O–H groups in total. The molecule has 0 amide bonds. The number of aromatic nitrogens is 5. The zero-order chi connectivity index (χ0) is 24.8. The third-order valence-corrected chi connectivity index (χ3v) is 7.08. The van der Waals surface area contributed by atoms with Crippen LogP contribution in [-0.2, 0) is 35.2 Å². The molecule has 0 bridgehead atoms. The maximum atomic E-state index is 13.3. The predicted molar refractivity (Wildman–Crippen MR) is 122 cm³/mol. The van der Waals surface area contributed by atoms with E-state index < -0.39 is 17.8 Å². The Morgan fingerprint density at radius 3 is 2.66 bits per heavy atom. The number of anilines is 1. The lowest BCUT2D eigenvalue weighted by atomic mass is 10.1. The van der Waals surface area contributed by atoms with E-state index in [1.807, 2.05) is 18.7 Å². The number of hydrogen-bond acceptors (Lipinski definition) is 9. The van der Waals surface area contributed by atoms with Crippen LogP contribution in [0.15, 0.2) is 6.07 Å². The summed E-state index contributed by atoms with van der Waals surface area (Å²) in [4.78, 5) is 13.2. The Kier molecular flexibility index (Phi) is 6.34. The maximum Gasteiger partial charge on any atom is 0.451 e. The molecule has 0 aromatic carbocycles. The Labute approximate surface area is 204 Å². The highest BCUT2D eigenvalue weighted by molar-refractivity contribution is 7.18. The highest BCUT2D eigenvalue weighted by Gasteiger charge is 2.40. The highest BCUT2D eigenvalue weighted by Crippen LogP contribution is 2.36. The van der Waals surface area contributed by atoms with E-state index in [4.69, 9.17) is 14.2 Å². The van der Waals surface area contributed by atoms with E-state index in [1.54, 1.807) is 11.3 Å². The van der Waals surface area contributed by atoms with Gasteiger partial charge in [0.1, 0.15) is 10.6 Å². The molecule has 0 radical (unpaired) electrons. The lowest BCUT2D eigenvalue weighted by Crippen LogP contribution is -2.41. The van der Waals surface area contributed by atoms with Gasteiger partial charge in [0.25, 0.3) is 0 Å². The molecule has 190 valence electrons. The van der Waals surface area contributed by atoms with E-state index >= 15 is 0 Å². The van der Waals surface area contributed by atoms with Crippen molar-refractivity contribution in [2.45, 2.75) is 58.7 Å². The van der Waals surface area contributed by atoms with Gasteiger partial charge < -0.3 is 23.7 Å². The van der Waals surface area contributed by atoms with E-state index in [0.717, 1.165) is 27.6 Å². The molecule has 0 spiro atoms. The van der Waals surface area contributed by atoms with Gasteiger partial charge in [-0.15, -0.1) is 21.5 Å². The summed E-state index contributed by atoms with van der Waals surface area (Å²) in [6.45, 7) is 7.79. The van der Waals surface area contributed by atoms with Crippen LogP contribution in [0.25, 0.3) is 10.2 Å². The van der Waals surface area contributed by atoms with Crippen molar-refractivity contribution < 1.29 is 27.4 Å². The number of aryl methyl sites for hydroxylation is 1. The van der Waals surface area contributed by atoms with Gasteiger partial charge in [-0.2, -0.15) is 23.1 Å². The molecular formula is C22H27F3N6O3S. The molecule has 1 saturated heterocycles. The number of fused-ring (bicyclic) bond motifs is 2. The third kappa shape index (κ3) is 5.07. The van der Waals surface area contributed by atoms with Crippen LogP contribution in [0.3, 0.4) is 0 Å². The van der Waals surface area contributed by atoms with Gasteiger partial charge in [0.2, 0.25) is 5.82 Å². The molecule has 0 aliphatic carbocycles. The summed E-state index contributed by atoms with van der Waals surface area (Å²) >= 11 is 1.58. The molecule has 3 aromatic heterocycles. The molecule has 5 heterocycles. The molecule has 1 fully saturated rings. The molecule has 0 unspecified atom stereocenters. The molecule has 35 heavy (non-hydrogen) atoms. The van der Waals surface area contributed by atoms with Crippen LogP contribution in [0.1, 0.15) is 43.7 Å². The second-order valence-corrected chi connectivity index (χ2v) is 10.3. The van der Waals surface area contributed by atoms with Gasteiger partial charge in [0.05, 0.1) is 31.8 Å². The van der Waals surface area contributed by atoms with Crippen molar-refractivity contribution in [2.24, 2.45) is 5.92 Å². The van der Waals surface area contributed by atoms with Crippen molar-refractivity contribution in [2.75, 3.05) is 31.3 Å². The Balaban J connectivity index is 1.41. The zero-order valence-electron chi connectivity index (χ0n) is 19.8. The number of rotatable bonds is 6. The maximum absolute atomic E-state index is 13.3. The summed E-state index contributed by atoms with van der Waals surface area (Å²) in [5.74, 6) is -0.652. The van der Waals surface area contributed by atoms with E-state index in [0.29, 0.717) is 32.2 Å². The Morgan fingerprint density at radius 2 is 1.94 bits per heavy atom. The number of halogens is 3. The summed E-state index contributed by atoms with van der Waals surface area (Å²) in [6, 6.07) is 2.29. The van der Waals surface area contributed by atoms with Crippen LogP contribution >= 0.6 is 11.3 Å². The zero-order valence-corrected chi connectivity index (χ0v) is 20.6. The van der Waals surface area contributed by atoms with Crippen LogP contribution in [0, 0.1) is 5.92 Å². The van der Waals surface area contributed by atoms with Crippen LogP contribution in [0.4, 0.5) is 19.0 Å². The summed E-state index contributed by atoms with van der Waals surface area (Å²) in [5.41, 5.74) is 0. The number of thiophene rings is 1. The molecule has 13 heteroatoms. The predicted octanol–water partition coefficient (Wildman–Crippen LogP) is 4.05. The molecular weight excluding hydrogens is 485 g/mol. The van der Waals surface area contributed by atoms with Crippen molar-refractivity contribution in [3.8, 4) is 6.01 Å². The molecule has 0 saturated carbocycles. The fourth-order valence-corrected chi connectivity index (χ4v) is 5.29. The van der Waals surface area contributed by atoms with E-state index in [2.05, 4.69) is 33.2 Å². The van der Waals surface area contributed by atoms with E-state index in [1.165, 1.54) is 4.88 Å². The number of nitrogens with zero attached hydrogens (tertiary/aromatic N) is 6. The molecule has 2 aliphatic heterocycles. The van der Waals surface area contributed by atoms with Crippen molar-refractivity contribution in [3.63, 3.8) is 0 Å². The second kappa shape index (κ2) is 9.17. The topological polar surface area (TPSA) is 87.4 Å². The highest BCUT2D eigenvalue weighted by atomic mass is 32.1. The van der Waals surface area contributed by atoms with Crippen molar-refractivity contribution >= 4 is 27.4 Å². The average molecular weight is 513 g/mol. The summed E-state index contributed by atoms with van der Waals surface area (Å²) in [7, 11) is 0. The Hall–Kier alpha value is -2.51. The minimum atomic E-state index is -4.54. The normalized spacial score (nSPS) is 18.7. The Bertz CT molecular complexity index is 1200. The smallest absolute Gasteiger partial charge is 0.451 e. The first-order valence-electron chi connectivity index (χ1n) is 11.6. The fourth-order valence-electron chi connectivity index (χ4n) is 4.18. The molecule has 5 rings (SSSR count). The summed E-state index contributed by atoms with van der Waals surface area (Å²) in [6.07, 6.45) is -2.64. The number of alkyl halides is 3. The minimum absolute atomic E-state index is 0.0408. The van der Waals surface area contributed by atoms with Gasteiger partial charge in [0.15, 0.2) is 11.6 Å². The van der Waals surface area contributed by atoms with E-state index in [-0.39, 0.29) is 30.8 Å². The molecule has 2 aliphatic rings. The minimum Gasteiger partial charge on any atom is -0.463 e. The van der Waals surface area contributed by atoms with Crippen LogP contribution < -0.4 is 9.64 Å². The second-order valence-electron chi connectivity index (χ2n) is 9.22. The van der Waals surface area contributed by atoms with Crippen molar-refractivity contribution in [1.82, 2.24) is 24.7 Å². The monoisotopic (exact) mass is 512 g/mol. The Morgan fingerprint density at radius 1 is 1.17 bits per heavy atom. The standard InChI is InChI=1S/C22H27F3N6O3S/c1-4-5-14-8-15-17(30-6-7-31-16(9-30)28-29-19(31)22(23,24)25)26-20(27-18(15)35-14)32-10-13-11-33-21(2,3)34-12-13/h8,13H,4-7,9-12H2,1-3H3. The van der Waals surface area contributed by atoms with Gasteiger partial charge in [-0.25, -0.2) is 0 Å². The van der Waals surface area contributed by atoms with Crippen molar-refractivity contribution in [3.05, 3.63) is 22.6 Å². The molecule has 3 aromatic rings. The molecule has 0 atom stereocenters. The molecule has 9 nitrogen and oxygen atoms in total. The SMILES string of the molecule is CCCc1cc2c(N3CCn4c(nnc4C(F)(F)F)C3)nc(OCC3COC(C)(C)OC3)nc2s1. The van der Waals surface area contributed by atoms with Gasteiger partial charge in [-0.1, -0.05) is 13.3 Å². The van der Waals surface area contributed by atoms with Crippen LogP contribution in [-0.4, -0.2) is 56.9 Å². The van der Waals surface area contributed by atoms with E-state index in [9.17, 15) is 13.2 Å². The summed E-state index contributed by atoms with van der Waals surface area (Å²) in [5, 5.41) is 8.04. The first kappa shape index (κ1) is 24.2. The van der Waals surface area contributed by atoms with Crippen LogP contribution in [0.5, 0.6) is 6.01 Å². The lowest BCUT2D eigenvalue weighted by molar-refractivity contribution is -0.264. The largest absolute Gasteiger partial charge is 0.463 e. The van der Waals surface area contributed by atoms with Gasteiger partial charge in [0, 0.05) is 23.9 Å².